The Hall–Kier alpha value is -1.82. The van der Waals surface area contributed by atoms with Gasteiger partial charge < -0.3 is 5.32 Å². The summed E-state index contributed by atoms with van der Waals surface area (Å²) in [6.07, 6.45) is 1.05. The molecule has 6 heteroatoms. The topological polar surface area (TPSA) is 42.0 Å². The molecule has 1 N–H and O–H groups in total. The molecule has 104 valence electrons. The summed E-state index contributed by atoms with van der Waals surface area (Å²) in [5, 5.41) is 2.57. The van der Waals surface area contributed by atoms with Gasteiger partial charge in [0.25, 0.3) is 5.91 Å². The first kappa shape index (κ1) is 14.6. The minimum Gasteiger partial charge on any atom is -0.321 e. The number of anilines is 1. The predicted molar refractivity (Wildman–Crippen MR) is 75.7 cm³/mol. The number of amides is 1. The lowest BCUT2D eigenvalue weighted by Gasteiger charge is -2.12. The molecule has 3 nitrogen and oxygen atoms in total. The molecule has 0 saturated carbocycles. The monoisotopic (exact) mass is 340 g/mol. The Morgan fingerprint density at radius 1 is 1.30 bits per heavy atom. The van der Waals surface area contributed by atoms with E-state index in [0.29, 0.717) is 10.2 Å². The zero-order valence-corrected chi connectivity index (χ0v) is 12.4. The number of pyridine rings is 1. The lowest BCUT2D eigenvalue weighted by atomic mass is 10.1. The van der Waals surface area contributed by atoms with Gasteiger partial charge in [0, 0.05) is 10.7 Å². The number of carbonyl (C=O) groups excluding carboxylic acids is 1. The summed E-state index contributed by atoms with van der Waals surface area (Å²) in [7, 11) is 0. The molecule has 0 spiro atoms. The van der Waals surface area contributed by atoms with Crippen molar-refractivity contribution >= 4 is 27.5 Å². The molecule has 0 aliphatic heterocycles. The highest BCUT2D eigenvalue weighted by Gasteiger charge is 2.17. The number of nitrogens with zero attached hydrogens (tertiary/aromatic N) is 1. The van der Waals surface area contributed by atoms with Crippen molar-refractivity contribution in [3.63, 3.8) is 0 Å². The molecule has 0 unspecified atom stereocenters. The van der Waals surface area contributed by atoms with E-state index in [1.165, 1.54) is 0 Å². The van der Waals surface area contributed by atoms with Crippen LogP contribution in [0.4, 0.5) is 14.5 Å². The number of hydrogen-bond donors (Lipinski definition) is 1. The van der Waals surface area contributed by atoms with Gasteiger partial charge in [-0.2, -0.15) is 4.39 Å². The van der Waals surface area contributed by atoms with Crippen LogP contribution in [0.1, 0.15) is 21.5 Å². The second kappa shape index (κ2) is 5.66. The van der Waals surface area contributed by atoms with E-state index in [1.807, 2.05) is 26.0 Å². The van der Waals surface area contributed by atoms with Crippen molar-refractivity contribution in [3.05, 3.63) is 57.3 Å². The zero-order chi connectivity index (χ0) is 14.9. The Morgan fingerprint density at radius 3 is 2.65 bits per heavy atom. The maximum absolute atomic E-state index is 13.5. The van der Waals surface area contributed by atoms with E-state index < -0.39 is 17.7 Å². The summed E-state index contributed by atoms with van der Waals surface area (Å²) in [4.78, 5) is 15.2. The van der Waals surface area contributed by atoms with Crippen LogP contribution in [0.2, 0.25) is 0 Å². The van der Waals surface area contributed by atoms with E-state index in [9.17, 15) is 13.6 Å². The van der Waals surface area contributed by atoms with E-state index in [1.54, 1.807) is 0 Å². The fraction of sp³-hybridized carbons (Fsp3) is 0.143. The molecule has 1 aromatic carbocycles. The first-order valence-corrected chi connectivity index (χ1v) is 6.57. The fourth-order valence-corrected chi connectivity index (χ4v) is 2.62. The average molecular weight is 341 g/mol. The van der Waals surface area contributed by atoms with Crippen molar-refractivity contribution in [2.24, 2.45) is 0 Å². The Labute approximate surface area is 123 Å². The predicted octanol–water partition coefficient (Wildman–Crippen LogP) is 3.99. The summed E-state index contributed by atoms with van der Waals surface area (Å²) in [5.74, 6) is -3.28. The van der Waals surface area contributed by atoms with E-state index >= 15 is 0 Å². The van der Waals surface area contributed by atoms with Gasteiger partial charge in [-0.1, -0.05) is 6.07 Å². The summed E-state index contributed by atoms with van der Waals surface area (Å²) in [6.45, 7) is 3.73. The lowest BCUT2D eigenvalue weighted by Crippen LogP contribution is -2.16. The van der Waals surface area contributed by atoms with Crippen LogP contribution in [0.25, 0.3) is 0 Å². The minimum atomic E-state index is -1.29. The van der Waals surface area contributed by atoms with Crippen LogP contribution in [0, 0.1) is 25.6 Å². The van der Waals surface area contributed by atoms with Gasteiger partial charge in [-0.3, -0.25) is 4.79 Å². The Bertz CT molecular complexity index is 666. The highest BCUT2D eigenvalue weighted by Crippen LogP contribution is 2.28. The molecule has 20 heavy (non-hydrogen) atoms. The third-order valence-electron chi connectivity index (χ3n) is 2.76. The van der Waals surface area contributed by atoms with Gasteiger partial charge in [-0.05, 0) is 53.0 Å². The number of benzene rings is 1. The van der Waals surface area contributed by atoms with Crippen LogP contribution in [-0.4, -0.2) is 10.9 Å². The second-order valence-electron chi connectivity index (χ2n) is 4.36. The summed E-state index contributed by atoms with van der Waals surface area (Å²) >= 11 is 3.34. The van der Waals surface area contributed by atoms with Crippen LogP contribution in [-0.2, 0) is 0 Å². The maximum Gasteiger partial charge on any atom is 0.258 e. The molecule has 1 aromatic heterocycles. The lowest BCUT2D eigenvalue weighted by molar-refractivity contribution is 0.102. The van der Waals surface area contributed by atoms with Crippen LogP contribution in [0.3, 0.4) is 0 Å². The van der Waals surface area contributed by atoms with Crippen LogP contribution in [0.5, 0.6) is 0 Å². The smallest absolute Gasteiger partial charge is 0.258 e. The third kappa shape index (κ3) is 2.85. The molecule has 2 rings (SSSR count). The molecule has 0 aliphatic carbocycles. The maximum atomic E-state index is 13.5. The second-order valence-corrected chi connectivity index (χ2v) is 5.21. The molecule has 0 bridgehead atoms. The molecule has 0 fully saturated rings. The van der Waals surface area contributed by atoms with Gasteiger partial charge in [0.15, 0.2) is 5.82 Å². The highest BCUT2D eigenvalue weighted by molar-refractivity contribution is 9.10. The molecular weight excluding hydrogens is 330 g/mol. The van der Waals surface area contributed by atoms with Gasteiger partial charge in [0.2, 0.25) is 5.95 Å². The Morgan fingerprint density at radius 2 is 2.00 bits per heavy atom. The largest absolute Gasteiger partial charge is 0.321 e. The van der Waals surface area contributed by atoms with Crippen molar-refractivity contribution < 1.29 is 13.6 Å². The van der Waals surface area contributed by atoms with Crippen molar-refractivity contribution in [2.45, 2.75) is 13.8 Å². The van der Waals surface area contributed by atoms with Crippen molar-refractivity contribution in [3.8, 4) is 0 Å². The summed E-state index contributed by atoms with van der Waals surface area (Å²) in [5.41, 5.74) is 1.98. The molecule has 0 aliphatic rings. The van der Waals surface area contributed by atoms with E-state index in [0.717, 1.165) is 23.4 Å². The van der Waals surface area contributed by atoms with Crippen molar-refractivity contribution in [2.75, 3.05) is 5.32 Å². The van der Waals surface area contributed by atoms with Gasteiger partial charge >= 0.3 is 0 Å². The zero-order valence-electron chi connectivity index (χ0n) is 10.8. The molecule has 1 amide bonds. The Kier molecular flexibility index (Phi) is 4.13. The summed E-state index contributed by atoms with van der Waals surface area (Å²) < 4.78 is 27.2. The van der Waals surface area contributed by atoms with Crippen LogP contribution in [0.15, 0.2) is 28.9 Å². The highest BCUT2D eigenvalue weighted by atomic mass is 79.9. The number of nitrogens with one attached hydrogen (secondary N) is 1. The standard InChI is InChI=1S/C14H11BrF2N2O/c1-7-5-8(2)12(10(15)6-7)19-14(20)9-3-4-18-13(17)11(9)16/h3-6H,1-2H3,(H,19,20). The number of carbonyl (C=O) groups is 1. The number of rotatable bonds is 2. The molecule has 0 saturated heterocycles. The normalized spacial score (nSPS) is 10.4. The summed E-state index contributed by atoms with van der Waals surface area (Å²) in [6, 6.07) is 4.83. The van der Waals surface area contributed by atoms with E-state index in [2.05, 4.69) is 26.2 Å². The van der Waals surface area contributed by atoms with Gasteiger partial charge in [0.05, 0.1) is 11.3 Å². The minimum absolute atomic E-state index is 0.385. The molecule has 2 aromatic rings. The SMILES string of the molecule is Cc1cc(C)c(NC(=O)c2ccnc(F)c2F)c(Br)c1. The molecule has 0 atom stereocenters. The van der Waals surface area contributed by atoms with Crippen LogP contribution < -0.4 is 5.32 Å². The molecule has 1 heterocycles. The van der Waals surface area contributed by atoms with Gasteiger partial charge in [-0.15, -0.1) is 0 Å². The quantitative estimate of drug-likeness (QED) is 0.840. The van der Waals surface area contributed by atoms with E-state index in [-0.39, 0.29) is 5.56 Å². The van der Waals surface area contributed by atoms with Crippen molar-refractivity contribution in [1.29, 1.82) is 0 Å². The first-order valence-electron chi connectivity index (χ1n) is 5.78. The number of aryl methyl sites for hydroxylation is 2. The van der Waals surface area contributed by atoms with Crippen LogP contribution >= 0.6 is 15.9 Å². The number of aromatic nitrogens is 1. The first-order chi connectivity index (χ1) is 9.40. The Balaban J connectivity index is 2.36. The van der Waals surface area contributed by atoms with Gasteiger partial charge in [-0.25, -0.2) is 9.37 Å². The van der Waals surface area contributed by atoms with Gasteiger partial charge in [0.1, 0.15) is 0 Å². The fourth-order valence-electron chi connectivity index (χ4n) is 1.85. The molecule has 0 radical (unpaired) electrons. The number of halogens is 3. The number of hydrogen-bond acceptors (Lipinski definition) is 2. The van der Waals surface area contributed by atoms with Crippen molar-refractivity contribution in [1.82, 2.24) is 4.98 Å². The van der Waals surface area contributed by atoms with E-state index in [4.69, 9.17) is 0 Å². The third-order valence-corrected chi connectivity index (χ3v) is 3.39. The molecular formula is C14H11BrF2N2O. The average Bonchev–Trinajstić information content (AvgIpc) is 2.36.